The van der Waals surface area contributed by atoms with Crippen LogP contribution in [-0.2, 0) is 19.9 Å². The molecule has 7 heteroatoms. The van der Waals surface area contributed by atoms with Crippen molar-refractivity contribution in [3.8, 4) is 0 Å². The SMILES string of the molecule is Cc1cccc2ccn(S(=O)(=O)C3(C)C=C(S(C)(=O)=O)C=CC3)c12. The van der Waals surface area contributed by atoms with Gasteiger partial charge in [-0.25, -0.2) is 20.8 Å². The van der Waals surface area contributed by atoms with Gasteiger partial charge in [-0.1, -0.05) is 24.3 Å². The molecular formula is C17H19NO4S2. The first kappa shape index (κ1) is 17.0. The van der Waals surface area contributed by atoms with Gasteiger partial charge >= 0.3 is 0 Å². The summed E-state index contributed by atoms with van der Waals surface area (Å²) >= 11 is 0. The summed E-state index contributed by atoms with van der Waals surface area (Å²) in [7, 11) is -7.31. The van der Waals surface area contributed by atoms with Crippen LogP contribution in [-0.4, -0.2) is 31.8 Å². The third-order valence-electron chi connectivity index (χ3n) is 4.41. The van der Waals surface area contributed by atoms with Crippen LogP contribution in [0.4, 0.5) is 0 Å². The van der Waals surface area contributed by atoms with Crippen LogP contribution >= 0.6 is 0 Å². The molecule has 24 heavy (non-hydrogen) atoms. The summed E-state index contributed by atoms with van der Waals surface area (Å²) in [5.41, 5.74) is 1.48. The summed E-state index contributed by atoms with van der Waals surface area (Å²) in [6.45, 7) is 3.41. The molecule has 0 N–H and O–H groups in total. The fraction of sp³-hybridized carbons (Fsp3) is 0.294. The van der Waals surface area contributed by atoms with Gasteiger partial charge in [0.25, 0.3) is 0 Å². The molecular weight excluding hydrogens is 346 g/mol. The van der Waals surface area contributed by atoms with Gasteiger partial charge in [-0.2, -0.15) is 0 Å². The van der Waals surface area contributed by atoms with Crippen LogP contribution < -0.4 is 0 Å². The molecule has 0 radical (unpaired) electrons. The molecule has 1 aromatic heterocycles. The molecule has 2 aromatic rings. The van der Waals surface area contributed by atoms with Gasteiger partial charge in [-0.05, 0) is 44.1 Å². The zero-order chi connectivity index (χ0) is 17.8. The molecule has 5 nitrogen and oxygen atoms in total. The summed E-state index contributed by atoms with van der Waals surface area (Å²) in [5, 5.41) is 0.834. The van der Waals surface area contributed by atoms with E-state index in [1.165, 1.54) is 22.3 Å². The van der Waals surface area contributed by atoms with Gasteiger partial charge in [-0.15, -0.1) is 0 Å². The Morgan fingerprint density at radius 1 is 1.12 bits per heavy atom. The predicted octanol–water partition coefficient (Wildman–Crippen LogP) is 2.77. The Morgan fingerprint density at radius 2 is 1.83 bits per heavy atom. The smallest absolute Gasteiger partial charge is 0.244 e. The van der Waals surface area contributed by atoms with E-state index in [9.17, 15) is 16.8 Å². The molecule has 0 amide bonds. The zero-order valence-electron chi connectivity index (χ0n) is 13.7. The maximum atomic E-state index is 13.3. The number of allylic oxidation sites excluding steroid dienone is 2. The normalized spacial score (nSPS) is 21.9. The Labute approximate surface area is 142 Å². The molecule has 1 unspecified atom stereocenters. The molecule has 1 aliphatic rings. The van der Waals surface area contributed by atoms with E-state index in [4.69, 9.17) is 0 Å². The maximum Gasteiger partial charge on any atom is 0.248 e. The summed E-state index contributed by atoms with van der Waals surface area (Å²) in [4.78, 5) is 0.0352. The molecule has 0 bridgehead atoms. The molecule has 1 aliphatic carbocycles. The zero-order valence-corrected chi connectivity index (χ0v) is 15.4. The van der Waals surface area contributed by atoms with E-state index in [2.05, 4.69) is 0 Å². The highest BCUT2D eigenvalue weighted by atomic mass is 32.2. The maximum absolute atomic E-state index is 13.3. The lowest BCUT2D eigenvalue weighted by molar-refractivity contribution is 0.554. The van der Waals surface area contributed by atoms with Crippen molar-refractivity contribution in [3.05, 3.63) is 59.2 Å². The summed E-state index contributed by atoms with van der Waals surface area (Å²) < 4.78 is 50.2. The Hall–Kier alpha value is -1.86. The number of fused-ring (bicyclic) bond motifs is 1. The largest absolute Gasteiger partial charge is 0.248 e. The number of nitrogens with zero attached hydrogens (tertiary/aromatic N) is 1. The number of rotatable bonds is 3. The third-order valence-corrected chi connectivity index (χ3v) is 7.80. The number of para-hydroxylation sites is 1. The molecule has 0 saturated heterocycles. The van der Waals surface area contributed by atoms with Crippen LogP contribution in [0.5, 0.6) is 0 Å². The Morgan fingerprint density at radius 3 is 2.50 bits per heavy atom. The van der Waals surface area contributed by atoms with Crippen LogP contribution in [0.25, 0.3) is 10.9 Å². The van der Waals surface area contributed by atoms with Crippen LogP contribution in [0.3, 0.4) is 0 Å². The summed E-state index contributed by atoms with van der Waals surface area (Å²) in [5.74, 6) is 0. The van der Waals surface area contributed by atoms with Crippen LogP contribution in [0, 0.1) is 6.92 Å². The number of hydrogen-bond acceptors (Lipinski definition) is 4. The van der Waals surface area contributed by atoms with Gasteiger partial charge in [0.05, 0.1) is 10.4 Å². The van der Waals surface area contributed by atoms with Crippen molar-refractivity contribution in [2.45, 2.75) is 25.0 Å². The highest BCUT2D eigenvalue weighted by Gasteiger charge is 2.41. The standard InChI is InChI=1S/C17H19NO4S2/c1-13-6-4-7-14-9-11-18(16(13)14)24(21,22)17(2)10-5-8-15(12-17)23(3,19)20/h4-9,11-12H,10H2,1-3H3. The first-order valence-corrected chi connectivity index (χ1v) is 10.8. The van der Waals surface area contributed by atoms with Gasteiger partial charge < -0.3 is 0 Å². The number of sulfone groups is 1. The average Bonchev–Trinajstić information content (AvgIpc) is 2.92. The summed E-state index contributed by atoms with van der Waals surface area (Å²) in [6, 6.07) is 7.34. The van der Waals surface area contributed by atoms with E-state index in [0.717, 1.165) is 17.2 Å². The van der Waals surface area contributed by atoms with Crippen molar-refractivity contribution in [1.29, 1.82) is 0 Å². The lowest BCUT2D eigenvalue weighted by Gasteiger charge is -2.29. The monoisotopic (exact) mass is 365 g/mol. The Kier molecular flexibility index (Phi) is 3.77. The second-order valence-corrected chi connectivity index (χ2v) is 10.7. The van der Waals surface area contributed by atoms with E-state index in [0.29, 0.717) is 5.52 Å². The Balaban J connectivity index is 2.24. The minimum absolute atomic E-state index is 0.0352. The second-order valence-electron chi connectivity index (χ2n) is 6.37. The number of aryl methyl sites for hydroxylation is 1. The van der Waals surface area contributed by atoms with Crippen molar-refractivity contribution < 1.29 is 16.8 Å². The fourth-order valence-corrected chi connectivity index (χ4v) is 5.63. The molecule has 1 aromatic carbocycles. The third kappa shape index (κ3) is 2.52. The molecule has 0 saturated carbocycles. The minimum Gasteiger partial charge on any atom is -0.244 e. The Bertz CT molecular complexity index is 1090. The number of hydrogen-bond donors (Lipinski definition) is 0. The lowest BCUT2D eigenvalue weighted by atomic mass is 10.0. The quantitative estimate of drug-likeness (QED) is 0.838. The van der Waals surface area contributed by atoms with E-state index >= 15 is 0 Å². The molecule has 0 fully saturated rings. The predicted molar refractivity (Wildman–Crippen MR) is 96.1 cm³/mol. The minimum atomic E-state index is -3.84. The molecule has 0 aliphatic heterocycles. The molecule has 3 rings (SSSR count). The van der Waals surface area contributed by atoms with Crippen LogP contribution in [0.2, 0.25) is 0 Å². The van der Waals surface area contributed by atoms with Gasteiger partial charge in [0.15, 0.2) is 9.84 Å². The van der Waals surface area contributed by atoms with Gasteiger partial charge in [-0.3, -0.25) is 0 Å². The van der Waals surface area contributed by atoms with Crippen LogP contribution in [0.1, 0.15) is 18.9 Å². The van der Waals surface area contributed by atoms with Gasteiger partial charge in [0.2, 0.25) is 10.0 Å². The van der Waals surface area contributed by atoms with Gasteiger partial charge in [0.1, 0.15) is 4.75 Å². The molecule has 1 heterocycles. The molecule has 128 valence electrons. The van der Waals surface area contributed by atoms with Crippen molar-refractivity contribution in [3.63, 3.8) is 0 Å². The lowest BCUT2D eigenvalue weighted by Crippen LogP contribution is -2.38. The molecule has 0 spiro atoms. The first-order valence-electron chi connectivity index (χ1n) is 7.47. The highest BCUT2D eigenvalue weighted by Crippen LogP contribution is 2.34. The number of benzene rings is 1. The van der Waals surface area contributed by atoms with Crippen molar-refractivity contribution >= 4 is 30.8 Å². The second kappa shape index (κ2) is 5.32. The van der Waals surface area contributed by atoms with E-state index in [1.807, 2.05) is 25.1 Å². The number of aromatic nitrogens is 1. The highest BCUT2D eigenvalue weighted by molar-refractivity contribution is 7.95. The van der Waals surface area contributed by atoms with E-state index < -0.39 is 24.6 Å². The first-order chi connectivity index (χ1) is 11.1. The fourth-order valence-electron chi connectivity index (χ4n) is 2.99. The van der Waals surface area contributed by atoms with Crippen molar-refractivity contribution in [1.82, 2.24) is 3.97 Å². The van der Waals surface area contributed by atoms with Gasteiger partial charge in [0, 0.05) is 17.8 Å². The van der Waals surface area contributed by atoms with Crippen molar-refractivity contribution in [2.75, 3.05) is 6.26 Å². The summed E-state index contributed by atoms with van der Waals surface area (Å²) in [6.07, 6.45) is 7.25. The van der Waals surface area contributed by atoms with E-state index in [1.54, 1.807) is 19.1 Å². The molecule has 1 atom stereocenters. The van der Waals surface area contributed by atoms with Crippen LogP contribution in [0.15, 0.2) is 53.6 Å². The topological polar surface area (TPSA) is 73.2 Å². The average molecular weight is 365 g/mol. The van der Waals surface area contributed by atoms with Crippen molar-refractivity contribution in [2.24, 2.45) is 0 Å². The van der Waals surface area contributed by atoms with E-state index in [-0.39, 0.29) is 11.3 Å².